The number of nitrogens with one attached hydrogen (secondary N) is 2. The fourth-order valence-electron chi connectivity index (χ4n) is 3.31. The fraction of sp³-hybridized carbons (Fsp3) is 0.667. The van der Waals surface area contributed by atoms with Gasteiger partial charge in [0.2, 0.25) is 0 Å². The van der Waals surface area contributed by atoms with Crippen molar-refractivity contribution in [1.82, 2.24) is 15.5 Å². The maximum Gasteiger partial charge on any atom is 0.191 e. The van der Waals surface area contributed by atoms with E-state index in [2.05, 4.69) is 54.3 Å². The Bertz CT molecular complexity index is 594. The maximum atomic E-state index is 5.76. The Morgan fingerprint density at radius 3 is 2.44 bits per heavy atom. The summed E-state index contributed by atoms with van der Waals surface area (Å²) in [4.78, 5) is 6.83. The monoisotopic (exact) mass is 376 g/mol. The highest BCUT2D eigenvalue weighted by Gasteiger charge is 2.13. The molecule has 1 aliphatic rings. The Balaban J connectivity index is 1.76. The molecule has 0 saturated carbocycles. The third-order valence-corrected chi connectivity index (χ3v) is 4.71. The van der Waals surface area contributed by atoms with E-state index in [0.717, 1.165) is 49.0 Å². The summed E-state index contributed by atoms with van der Waals surface area (Å²) in [5, 5.41) is 6.77. The van der Waals surface area contributed by atoms with E-state index >= 15 is 0 Å². The summed E-state index contributed by atoms with van der Waals surface area (Å²) in [6.45, 7) is 13.1. The van der Waals surface area contributed by atoms with E-state index in [9.17, 15) is 0 Å². The van der Waals surface area contributed by atoms with E-state index in [0.29, 0.717) is 31.8 Å². The first-order valence-electron chi connectivity index (χ1n) is 10.1. The highest BCUT2D eigenvalue weighted by molar-refractivity contribution is 5.79. The van der Waals surface area contributed by atoms with Crippen molar-refractivity contribution in [2.24, 2.45) is 4.99 Å². The summed E-state index contributed by atoms with van der Waals surface area (Å²) >= 11 is 0. The third kappa shape index (κ3) is 6.94. The molecule has 0 bridgehead atoms. The Kier molecular flexibility index (Phi) is 8.72. The molecule has 0 amide bonds. The molecule has 2 N–H and O–H groups in total. The fourth-order valence-corrected chi connectivity index (χ4v) is 3.31. The van der Waals surface area contributed by atoms with E-state index in [4.69, 9.17) is 9.47 Å². The summed E-state index contributed by atoms with van der Waals surface area (Å²) in [7, 11) is 1.80. The molecule has 2 rings (SSSR count). The van der Waals surface area contributed by atoms with Gasteiger partial charge in [0.25, 0.3) is 0 Å². The number of aliphatic imine (C=N–C) groups is 1. The van der Waals surface area contributed by atoms with Crippen molar-refractivity contribution in [2.45, 2.75) is 59.2 Å². The number of fused-ring (bicyclic) bond motifs is 1. The second kappa shape index (κ2) is 11.0. The summed E-state index contributed by atoms with van der Waals surface area (Å²) in [5.74, 6) is 2.48. The number of benzene rings is 1. The number of hydrogen-bond acceptors (Lipinski definition) is 4. The van der Waals surface area contributed by atoms with Crippen LogP contribution in [0.25, 0.3) is 0 Å². The van der Waals surface area contributed by atoms with E-state index in [1.165, 1.54) is 0 Å². The van der Waals surface area contributed by atoms with Gasteiger partial charge in [0.05, 0.1) is 13.2 Å². The first kappa shape index (κ1) is 21.4. The van der Waals surface area contributed by atoms with Gasteiger partial charge in [-0.1, -0.05) is 6.07 Å². The smallest absolute Gasteiger partial charge is 0.191 e. The van der Waals surface area contributed by atoms with Gasteiger partial charge in [-0.3, -0.25) is 9.89 Å². The van der Waals surface area contributed by atoms with Gasteiger partial charge >= 0.3 is 0 Å². The molecule has 152 valence electrons. The van der Waals surface area contributed by atoms with Crippen molar-refractivity contribution >= 4 is 5.96 Å². The molecule has 1 heterocycles. The second-order valence-electron chi connectivity index (χ2n) is 7.46. The van der Waals surface area contributed by atoms with Crippen molar-refractivity contribution in [3.05, 3.63) is 23.8 Å². The van der Waals surface area contributed by atoms with E-state index in [1.807, 2.05) is 12.1 Å². The molecule has 0 atom stereocenters. The lowest BCUT2D eigenvalue weighted by Gasteiger charge is -2.30. The molecule has 6 heteroatoms. The minimum absolute atomic E-state index is 0.571. The number of guanidine groups is 1. The number of ether oxygens (including phenoxy) is 2. The highest BCUT2D eigenvalue weighted by Crippen LogP contribution is 2.30. The first-order chi connectivity index (χ1) is 13.0. The average Bonchev–Trinajstić information content (AvgIpc) is 2.88. The molecular weight excluding hydrogens is 340 g/mol. The standard InChI is InChI=1S/C21H36N4O2/c1-16(2)25(17(3)4)11-6-10-23-21(22-5)24-15-18-8-9-19-20(14-18)27-13-7-12-26-19/h8-9,14,16-17H,6-7,10-13,15H2,1-5H3,(H2,22,23,24). The normalized spacial score (nSPS) is 14.6. The van der Waals surface area contributed by atoms with Crippen LogP contribution in [0.1, 0.15) is 46.1 Å². The van der Waals surface area contributed by atoms with Crippen LogP contribution in [0.3, 0.4) is 0 Å². The SMILES string of the molecule is CN=C(NCCCN(C(C)C)C(C)C)NCc1ccc2c(c1)OCCCO2. The highest BCUT2D eigenvalue weighted by atomic mass is 16.5. The van der Waals surface area contributed by atoms with Crippen molar-refractivity contribution in [3.8, 4) is 11.5 Å². The molecule has 27 heavy (non-hydrogen) atoms. The quantitative estimate of drug-likeness (QED) is 0.415. The van der Waals surface area contributed by atoms with Gasteiger partial charge in [0.15, 0.2) is 17.5 Å². The molecule has 0 radical (unpaired) electrons. The summed E-state index contributed by atoms with van der Waals surface area (Å²) in [6, 6.07) is 7.24. The Morgan fingerprint density at radius 2 is 1.78 bits per heavy atom. The largest absolute Gasteiger partial charge is 0.490 e. The second-order valence-corrected chi connectivity index (χ2v) is 7.46. The minimum atomic E-state index is 0.571. The Hall–Kier alpha value is -1.95. The van der Waals surface area contributed by atoms with Gasteiger partial charge in [-0.2, -0.15) is 0 Å². The predicted octanol–water partition coefficient (Wildman–Crippen LogP) is 3.02. The van der Waals surface area contributed by atoms with Crippen molar-refractivity contribution in [1.29, 1.82) is 0 Å². The zero-order valence-corrected chi connectivity index (χ0v) is 17.5. The van der Waals surface area contributed by atoms with Crippen LogP contribution in [0, 0.1) is 0 Å². The van der Waals surface area contributed by atoms with E-state index in [-0.39, 0.29) is 0 Å². The topological polar surface area (TPSA) is 58.1 Å². The molecule has 0 unspecified atom stereocenters. The molecule has 1 aromatic rings. The van der Waals surface area contributed by atoms with Gasteiger partial charge in [-0.05, 0) is 51.8 Å². The third-order valence-electron chi connectivity index (χ3n) is 4.71. The lowest BCUT2D eigenvalue weighted by atomic mass is 10.2. The summed E-state index contributed by atoms with van der Waals surface area (Å²) in [5.41, 5.74) is 1.15. The molecule has 0 saturated heterocycles. The molecular formula is C21H36N4O2. The zero-order valence-electron chi connectivity index (χ0n) is 17.5. The lowest BCUT2D eigenvalue weighted by molar-refractivity contribution is 0.173. The number of hydrogen-bond donors (Lipinski definition) is 2. The Labute approximate surface area is 164 Å². The lowest BCUT2D eigenvalue weighted by Crippen LogP contribution is -2.41. The van der Waals surface area contributed by atoms with Crippen LogP contribution in [0.15, 0.2) is 23.2 Å². The minimum Gasteiger partial charge on any atom is -0.490 e. The van der Waals surface area contributed by atoms with Crippen molar-refractivity contribution < 1.29 is 9.47 Å². The van der Waals surface area contributed by atoms with Gasteiger partial charge < -0.3 is 20.1 Å². The van der Waals surface area contributed by atoms with Crippen LogP contribution in [-0.2, 0) is 6.54 Å². The van der Waals surface area contributed by atoms with E-state index in [1.54, 1.807) is 7.05 Å². The van der Waals surface area contributed by atoms with Crippen LogP contribution in [0.2, 0.25) is 0 Å². The molecule has 1 aliphatic heterocycles. The van der Waals surface area contributed by atoms with Gasteiger partial charge in [-0.25, -0.2) is 0 Å². The molecule has 0 aromatic heterocycles. The zero-order chi connectivity index (χ0) is 19.6. The van der Waals surface area contributed by atoms with Crippen LogP contribution in [0.5, 0.6) is 11.5 Å². The average molecular weight is 377 g/mol. The molecule has 0 aliphatic carbocycles. The molecule has 1 aromatic carbocycles. The summed E-state index contributed by atoms with van der Waals surface area (Å²) in [6.07, 6.45) is 2.00. The molecule has 0 spiro atoms. The maximum absolute atomic E-state index is 5.76. The molecule has 6 nitrogen and oxygen atoms in total. The van der Waals surface area contributed by atoms with Gasteiger partial charge in [0.1, 0.15) is 0 Å². The predicted molar refractivity (Wildman–Crippen MR) is 112 cm³/mol. The number of nitrogens with zero attached hydrogens (tertiary/aromatic N) is 2. The van der Waals surface area contributed by atoms with Crippen LogP contribution < -0.4 is 20.1 Å². The van der Waals surface area contributed by atoms with Crippen LogP contribution in [0.4, 0.5) is 0 Å². The van der Waals surface area contributed by atoms with Crippen LogP contribution >= 0.6 is 0 Å². The Morgan fingerprint density at radius 1 is 1.07 bits per heavy atom. The van der Waals surface area contributed by atoms with Crippen molar-refractivity contribution in [2.75, 3.05) is 33.4 Å². The van der Waals surface area contributed by atoms with Gasteiger partial charge in [0, 0.05) is 45.2 Å². The van der Waals surface area contributed by atoms with Gasteiger partial charge in [-0.15, -0.1) is 0 Å². The van der Waals surface area contributed by atoms with Crippen LogP contribution in [-0.4, -0.2) is 56.3 Å². The first-order valence-corrected chi connectivity index (χ1v) is 10.1. The van der Waals surface area contributed by atoms with Crippen molar-refractivity contribution in [3.63, 3.8) is 0 Å². The summed E-state index contributed by atoms with van der Waals surface area (Å²) < 4.78 is 11.4. The molecule has 0 fully saturated rings. The van der Waals surface area contributed by atoms with E-state index < -0.39 is 0 Å². The number of rotatable bonds is 8.